The predicted molar refractivity (Wildman–Crippen MR) is 112 cm³/mol. The van der Waals surface area contributed by atoms with Gasteiger partial charge in [-0.2, -0.15) is 0 Å². The Bertz CT molecular complexity index is 1030. The molecule has 162 valence electrons. The minimum Gasteiger partial charge on any atom is -0.497 e. The van der Waals surface area contributed by atoms with E-state index in [0.29, 0.717) is 43.9 Å². The average Bonchev–Trinajstić information content (AvgIpc) is 3.24. The van der Waals surface area contributed by atoms with Crippen LogP contribution in [0.15, 0.2) is 48.5 Å². The number of carbonyl (C=O) groups excluding carboxylic acids is 1. The molecule has 1 saturated heterocycles. The van der Waals surface area contributed by atoms with Gasteiger partial charge in [-0.15, -0.1) is 5.10 Å². The van der Waals surface area contributed by atoms with Crippen molar-refractivity contribution in [2.45, 2.75) is 25.4 Å². The number of nitrogens with zero attached hydrogens (tertiary/aromatic N) is 5. The molecule has 4 rings (SSSR count). The van der Waals surface area contributed by atoms with Crippen molar-refractivity contribution in [1.82, 2.24) is 25.1 Å². The lowest BCUT2D eigenvalue weighted by atomic mass is 9.93. The van der Waals surface area contributed by atoms with Gasteiger partial charge in [0.15, 0.2) is 5.82 Å². The number of amides is 1. The van der Waals surface area contributed by atoms with E-state index < -0.39 is 6.04 Å². The third-order valence-corrected chi connectivity index (χ3v) is 5.79. The first kappa shape index (κ1) is 20.9. The lowest BCUT2D eigenvalue weighted by Crippen LogP contribution is -2.41. The average molecular weight is 424 g/mol. The second-order valence-electron chi connectivity index (χ2n) is 7.68. The summed E-state index contributed by atoms with van der Waals surface area (Å²) in [6.07, 6.45) is 1.25. The van der Waals surface area contributed by atoms with Crippen molar-refractivity contribution in [3.8, 4) is 5.75 Å². The summed E-state index contributed by atoms with van der Waals surface area (Å²) >= 11 is 0. The zero-order chi connectivity index (χ0) is 21.8. The number of hydrogen-bond donors (Lipinski definition) is 1. The van der Waals surface area contributed by atoms with Gasteiger partial charge in [-0.25, -0.2) is 9.07 Å². The molecule has 2 heterocycles. The van der Waals surface area contributed by atoms with E-state index in [2.05, 4.69) is 20.4 Å². The summed E-state index contributed by atoms with van der Waals surface area (Å²) in [7, 11) is 1.62. The lowest BCUT2D eigenvalue weighted by Gasteiger charge is -2.36. The van der Waals surface area contributed by atoms with Gasteiger partial charge in [0.05, 0.1) is 13.7 Å². The number of aromatic nitrogens is 4. The van der Waals surface area contributed by atoms with Crippen LogP contribution in [-0.2, 0) is 11.3 Å². The van der Waals surface area contributed by atoms with Crippen molar-refractivity contribution in [3.63, 3.8) is 0 Å². The first-order valence-corrected chi connectivity index (χ1v) is 10.2. The molecule has 1 atom stereocenters. The van der Waals surface area contributed by atoms with Gasteiger partial charge >= 0.3 is 0 Å². The van der Waals surface area contributed by atoms with E-state index in [1.165, 1.54) is 6.07 Å². The van der Waals surface area contributed by atoms with E-state index in [1.54, 1.807) is 30.0 Å². The number of primary amides is 1. The van der Waals surface area contributed by atoms with Crippen molar-refractivity contribution >= 4 is 5.91 Å². The molecule has 0 spiro atoms. The standard InChI is InChI=1S/C22H25FN6O2/c1-31-17-8-6-15(7-9-17)14-29-22(25-26-27-29)20(18-4-2-3-5-19(18)23)28-12-10-16(11-13-28)21(24)30/h2-9,16,20H,10-14H2,1H3,(H2,24,30). The third kappa shape index (κ3) is 4.56. The van der Waals surface area contributed by atoms with Gasteiger partial charge in [0.2, 0.25) is 5.91 Å². The number of rotatable bonds is 7. The lowest BCUT2D eigenvalue weighted by molar-refractivity contribution is -0.123. The number of nitrogens with two attached hydrogens (primary N) is 1. The van der Waals surface area contributed by atoms with Gasteiger partial charge in [0.25, 0.3) is 0 Å². The van der Waals surface area contributed by atoms with E-state index in [-0.39, 0.29) is 17.6 Å². The summed E-state index contributed by atoms with van der Waals surface area (Å²) in [4.78, 5) is 13.7. The zero-order valence-corrected chi connectivity index (χ0v) is 17.3. The smallest absolute Gasteiger partial charge is 0.220 e. The summed E-state index contributed by atoms with van der Waals surface area (Å²) in [6, 6.07) is 13.8. The maximum atomic E-state index is 14.8. The maximum absolute atomic E-state index is 14.8. The van der Waals surface area contributed by atoms with E-state index >= 15 is 0 Å². The number of hydrogen-bond acceptors (Lipinski definition) is 6. The summed E-state index contributed by atoms with van der Waals surface area (Å²) in [5.41, 5.74) is 6.99. The van der Waals surface area contributed by atoms with Crippen molar-refractivity contribution in [2.24, 2.45) is 11.7 Å². The van der Waals surface area contributed by atoms with E-state index in [0.717, 1.165) is 11.3 Å². The fourth-order valence-corrected chi connectivity index (χ4v) is 4.06. The topological polar surface area (TPSA) is 99.2 Å². The molecule has 0 aliphatic carbocycles. The highest BCUT2D eigenvalue weighted by Gasteiger charge is 2.33. The Kier molecular flexibility index (Phi) is 6.22. The van der Waals surface area contributed by atoms with Gasteiger partial charge < -0.3 is 10.5 Å². The highest BCUT2D eigenvalue weighted by atomic mass is 19.1. The summed E-state index contributed by atoms with van der Waals surface area (Å²) in [5, 5.41) is 12.3. The molecule has 1 fully saturated rings. The van der Waals surface area contributed by atoms with Crippen molar-refractivity contribution in [3.05, 3.63) is 71.3 Å². The molecule has 9 heteroatoms. The van der Waals surface area contributed by atoms with Crippen LogP contribution in [0.1, 0.15) is 35.8 Å². The highest BCUT2D eigenvalue weighted by Crippen LogP contribution is 2.32. The molecule has 2 N–H and O–H groups in total. The molecule has 1 amide bonds. The Morgan fingerprint density at radius 1 is 1.19 bits per heavy atom. The van der Waals surface area contributed by atoms with Crippen LogP contribution in [-0.4, -0.2) is 51.2 Å². The maximum Gasteiger partial charge on any atom is 0.220 e. The minimum absolute atomic E-state index is 0.159. The monoisotopic (exact) mass is 424 g/mol. The molecule has 1 unspecified atom stereocenters. The van der Waals surface area contributed by atoms with E-state index in [9.17, 15) is 9.18 Å². The van der Waals surface area contributed by atoms with Crippen LogP contribution in [0, 0.1) is 11.7 Å². The Balaban J connectivity index is 1.66. The van der Waals surface area contributed by atoms with Crippen LogP contribution < -0.4 is 10.5 Å². The molecule has 1 aliphatic rings. The molecule has 3 aromatic rings. The number of methoxy groups -OCH3 is 1. The van der Waals surface area contributed by atoms with Crippen LogP contribution in [0.2, 0.25) is 0 Å². The minimum atomic E-state index is -0.469. The van der Waals surface area contributed by atoms with Crippen LogP contribution >= 0.6 is 0 Å². The number of ether oxygens (including phenoxy) is 1. The summed E-state index contributed by atoms with van der Waals surface area (Å²) < 4.78 is 21.7. The van der Waals surface area contributed by atoms with Crippen LogP contribution in [0.5, 0.6) is 5.75 Å². The van der Waals surface area contributed by atoms with Crippen molar-refractivity contribution in [2.75, 3.05) is 20.2 Å². The van der Waals surface area contributed by atoms with Crippen molar-refractivity contribution in [1.29, 1.82) is 0 Å². The molecule has 8 nitrogen and oxygen atoms in total. The molecule has 0 radical (unpaired) electrons. The Morgan fingerprint density at radius 3 is 2.55 bits per heavy atom. The first-order chi connectivity index (χ1) is 15.1. The van der Waals surface area contributed by atoms with Gasteiger partial charge in [-0.1, -0.05) is 30.3 Å². The molecule has 1 aliphatic heterocycles. The summed E-state index contributed by atoms with van der Waals surface area (Å²) in [6.45, 7) is 1.64. The fourth-order valence-electron chi connectivity index (χ4n) is 4.06. The quantitative estimate of drug-likeness (QED) is 0.624. The molecule has 1 aromatic heterocycles. The number of tetrazole rings is 1. The fraction of sp³-hybridized carbons (Fsp3) is 0.364. The highest BCUT2D eigenvalue weighted by molar-refractivity contribution is 5.76. The Hall–Kier alpha value is -3.33. The van der Waals surface area contributed by atoms with E-state index in [1.807, 2.05) is 24.3 Å². The molecular weight excluding hydrogens is 399 g/mol. The number of carbonyl (C=O) groups is 1. The second kappa shape index (κ2) is 9.22. The van der Waals surface area contributed by atoms with Gasteiger partial charge in [-0.3, -0.25) is 9.69 Å². The third-order valence-electron chi connectivity index (χ3n) is 5.79. The molecule has 31 heavy (non-hydrogen) atoms. The van der Waals surface area contributed by atoms with Crippen LogP contribution in [0.25, 0.3) is 0 Å². The molecule has 0 saturated carbocycles. The zero-order valence-electron chi connectivity index (χ0n) is 17.3. The predicted octanol–water partition coefficient (Wildman–Crippen LogP) is 2.16. The van der Waals surface area contributed by atoms with Crippen LogP contribution in [0.3, 0.4) is 0 Å². The number of likely N-dealkylation sites (tertiary alicyclic amines) is 1. The van der Waals surface area contributed by atoms with Crippen LogP contribution in [0.4, 0.5) is 4.39 Å². The van der Waals surface area contributed by atoms with Gasteiger partial charge in [0.1, 0.15) is 17.6 Å². The largest absolute Gasteiger partial charge is 0.497 e. The molecule has 2 aromatic carbocycles. The second-order valence-corrected chi connectivity index (χ2v) is 7.68. The number of halogens is 1. The molecule has 0 bridgehead atoms. The Labute approximate surface area is 179 Å². The summed E-state index contributed by atoms with van der Waals surface area (Å²) in [5.74, 6) is 0.559. The normalized spacial score (nSPS) is 16.2. The molecular formula is C22H25FN6O2. The number of benzene rings is 2. The first-order valence-electron chi connectivity index (χ1n) is 10.2. The van der Waals surface area contributed by atoms with E-state index in [4.69, 9.17) is 10.5 Å². The number of piperidine rings is 1. The van der Waals surface area contributed by atoms with Crippen molar-refractivity contribution < 1.29 is 13.9 Å². The SMILES string of the molecule is COc1ccc(Cn2nnnc2C(c2ccccc2F)N2CCC(C(N)=O)CC2)cc1. The van der Waals surface area contributed by atoms with Gasteiger partial charge in [-0.05, 0) is 60.1 Å². The van der Waals surface area contributed by atoms with Gasteiger partial charge in [0, 0.05) is 11.5 Å². The Morgan fingerprint density at radius 2 is 1.90 bits per heavy atom.